The average Bonchev–Trinajstić information content (AvgIpc) is 1.77. The molecule has 3 N–H and O–H groups in total. The van der Waals surface area contributed by atoms with E-state index in [4.69, 9.17) is 16.3 Å². The number of carbonyl (C=O) groups excluding carboxylic acids is 12. The van der Waals surface area contributed by atoms with Gasteiger partial charge >= 0.3 is 6.18 Å². The Kier molecular flexibility index (Phi) is 28.5. The van der Waals surface area contributed by atoms with Gasteiger partial charge in [0, 0.05) is 76.1 Å². The number of nitrogens with zero attached hydrogens (tertiary/aromatic N) is 9. The van der Waals surface area contributed by atoms with Crippen LogP contribution in [-0.2, 0) is 74.9 Å². The van der Waals surface area contributed by atoms with Gasteiger partial charge in [0.1, 0.15) is 47.8 Å². The number of rotatable bonds is 11. The van der Waals surface area contributed by atoms with Gasteiger partial charge in [-0.05, 0) is 112 Å². The van der Waals surface area contributed by atoms with Crippen LogP contribution in [0.4, 0.5) is 13.2 Å². The number of ether oxygens (including phenoxy) is 1. The third-order valence-electron chi connectivity index (χ3n) is 20.4. The smallest absolute Gasteiger partial charge is 0.382 e. The van der Waals surface area contributed by atoms with Crippen LogP contribution in [0.25, 0.3) is 0 Å². The summed E-state index contributed by atoms with van der Waals surface area (Å²) in [6.45, 7) is 5.83. The minimum atomic E-state index is -4.77. The Morgan fingerprint density at radius 1 is 0.660 bits per heavy atom. The van der Waals surface area contributed by atoms with Crippen molar-refractivity contribution in [2.75, 3.05) is 102 Å². The molecule has 6 rings (SSSR count). The summed E-state index contributed by atoms with van der Waals surface area (Å²) >= 11 is 6.12. The number of aryl methyl sites for hydroxylation is 1. The van der Waals surface area contributed by atoms with Crippen molar-refractivity contribution in [1.82, 2.24) is 60.0 Å². The van der Waals surface area contributed by atoms with E-state index < -0.39 is 173 Å². The molecule has 2 saturated carbocycles. The number of halogens is 4. The fourth-order valence-electron chi connectivity index (χ4n) is 14.2. The Hall–Kier alpha value is -7.10. The molecule has 5 fully saturated rings. The lowest BCUT2D eigenvalue weighted by Crippen LogP contribution is -2.65. The fourth-order valence-corrected chi connectivity index (χ4v) is 14.5. The quantitative estimate of drug-likeness (QED) is 0.282. The highest BCUT2D eigenvalue weighted by Gasteiger charge is 2.51. The molecule has 2 aliphatic carbocycles. The van der Waals surface area contributed by atoms with E-state index in [0.717, 1.165) is 57.4 Å². The number of fused-ring (bicyclic) bond motifs is 1. The first-order chi connectivity index (χ1) is 45.7. The standard InChI is InChI=1S/C68H104ClF3N12O13/c1-13-43(4)57-64(94)78(7)39-55(87)76(5)40-56(88)80(9)52(41-97-12)62(92)77(6)38-53(85)73-48(29-27-44-26-28-46(47(69)36-44)68(70,71)72)61(91)84-34-22-25-49(84)60(90)75-67(30-18-19-31-67)66(96)82(11)58(45-23-16-14-17-24-45)65(95)81(10)51(63(93)83-32-20-15-21-33-83)37-54(86)79(8)50(35-42(2)3)59(89)74-57/h26,28,36,42-43,45,48-52,57-58H,13-25,27,29-35,37-41H2,1-12H3,(H,73,85)(H,74,89)(H,75,90)/t43-,48-,49?,50-,51-,52-,57-,58-/m0/s1. The van der Waals surface area contributed by atoms with Crippen molar-refractivity contribution < 1.29 is 75.4 Å². The zero-order valence-corrected chi connectivity index (χ0v) is 59.5. The molecule has 1 aromatic carbocycles. The number of alkyl halides is 3. The lowest BCUT2D eigenvalue weighted by Gasteiger charge is -2.43. The highest BCUT2D eigenvalue weighted by molar-refractivity contribution is 6.31. The van der Waals surface area contributed by atoms with Crippen molar-refractivity contribution in [3.8, 4) is 0 Å². The molecule has 29 heteroatoms. The molecule has 3 heterocycles. The number of piperidine rings is 1. The summed E-state index contributed by atoms with van der Waals surface area (Å²) < 4.78 is 46.8. The van der Waals surface area contributed by atoms with Gasteiger partial charge in [-0.1, -0.05) is 83.9 Å². The normalized spacial score (nSPS) is 26.3. The minimum absolute atomic E-state index is 0.0216. The van der Waals surface area contributed by atoms with Crippen LogP contribution in [-0.4, -0.2) is 265 Å². The summed E-state index contributed by atoms with van der Waals surface area (Å²) in [6, 6.07) is -5.90. The number of nitrogens with one attached hydrogen (secondary N) is 3. The Labute approximate surface area is 573 Å². The molecule has 1 aromatic rings. The van der Waals surface area contributed by atoms with Gasteiger partial charge in [-0.25, -0.2) is 0 Å². The van der Waals surface area contributed by atoms with Crippen molar-refractivity contribution in [1.29, 1.82) is 0 Å². The van der Waals surface area contributed by atoms with Crippen LogP contribution in [0, 0.1) is 17.8 Å². The molecule has 3 aliphatic heterocycles. The molecule has 8 atom stereocenters. The Bertz CT molecular complexity index is 3010. The number of hydrogen-bond donors (Lipinski definition) is 3. The van der Waals surface area contributed by atoms with E-state index in [-0.39, 0.29) is 63.2 Å². The summed E-state index contributed by atoms with van der Waals surface area (Å²) in [6.07, 6.45) is 2.36. The molecule has 0 bridgehead atoms. The third-order valence-corrected chi connectivity index (χ3v) is 20.7. The number of methoxy groups -OCH3 is 1. The van der Waals surface area contributed by atoms with Gasteiger partial charge in [0.05, 0.1) is 43.2 Å². The molecule has 3 saturated heterocycles. The summed E-state index contributed by atoms with van der Waals surface area (Å²) in [5.41, 5.74) is -2.38. The maximum atomic E-state index is 15.8. The maximum absolute atomic E-state index is 15.8. The number of hydrogen-bond acceptors (Lipinski definition) is 13. The maximum Gasteiger partial charge on any atom is 0.417 e. The lowest BCUT2D eigenvalue weighted by molar-refractivity contribution is -0.157. The van der Waals surface area contributed by atoms with Crippen LogP contribution in [0.1, 0.15) is 154 Å². The molecule has 5 aliphatic rings. The second-order valence-corrected chi connectivity index (χ2v) is 28.3. The first-order valence-corrected chi connectivity index (χ1v) is 34.7. The molecule has 1 unspecified atom stereocenters. The molecule has 542 valence electrons. The second kappa shape index (κ2) is 35.1. The van der Waals surface area contributed by atoms with Crippen molar-refractivity contribution in [2.24, 2.45) is 17.8 Å². The largest absolute Gasteiger partial charge is 0.417 e. The first kappa shape index (κ1) is 78.9. The molecule has 0 aromatic heterocycles. The van der Waals surface area contributed by atoms with Gasteiger partial charge in [0.25, 0.3) is 0 Å². The third kappa shape index (κ3) is 19.9. The number of likely N-dealkylation sites (tertiary alicyclic amines) is 1. The van der Waals surface area contributed by atoms with Crippen LogP contribution < -0.4 is 16.0 Å². The van der Waals surface area contributed by atoms with E-state index in [0.29, 0.717) is 64.5 Å². The number of amides is 12. The second-order valence-electron chi connectivity index (χ2n) is 27.9. The monoisotopic (exact) mass is 1390 g/mol. The van der Waals surface area contributed by atoms with E-state index in [1.807, 2.05) is 20.8 Å². The average molecular weight is 1390 g/mol. The van der Waals surface area contributed by atoms with Crippen LogP contribution in [0.2, 0.25) is 5.02 Å². The number of carbonyl (C=O) groups is 12. The van der Waals surface area contributed by atoms with Crippen molar-refractivity contribution in [3.05, 3.63) is 34.3 Å². The highest BCUT2D eigenvalue weighted by Crippen LogP contribution is 2.38. The molecule has 0 radical (unpaired) electrons. The van der Waals surface area contributed by atoms with Crippen molar-refractivity contribution in [2.45, 2.75) is 204 Å². The van der Waals surface area contributed by atoms with Crippen molar-refractivity contribution >= 4 is 82.5 Å². The SMILES string of the molecule is CC[C@H](C)[C@@H]1NC(=O)[C@H](CC(C)C)N(C)C(=O)C[C@@H](C(=O)N2CCCCC2)N(C)C(=O)[C@H](C2CCCCC2)N(C)C(=O)C2(CCCC2)NC(=O)C2CCCN2C(=O)[C@H](CCc2ccc(C(F)(F)F)c(Cl)c2)NC(=O)CN(C)C(=O)[C@H](COC)N(C)C(=O)CN(C)C(=O)CN(C)C1=O. The highest BCUT2D eigenvalue weighted by atomic mass is 35.5. The number of benzene rings is 1. The predicted octanol–water partition coefficient (Wildman–Crippen LogP) is 4.10. The summed E-state index contributed by atoms with van der Waals surface area (Å²) in [4.78, 5) is 188. The Balaban J connectivity index is 1.43. The van der Waals surface area contributed by atoms with E-state index >= 15 is 28.8 Å². The van der Waals surface area contributed by atoms with Gasteiger partial charge in [-0.15, -0.1) is 0 Å². The molecular weight excluding hydrogens is 1290 g/mol. The predicted molar refractivity (Wildman–Crippen MR) is 354 cm³/mol. The van der Waals surface area contributed by atoms with Crippen LogP contribution >= 0.6 is 11.6 Å². The molecule has 25 nitrogen and oxygen atoms in total. The van der Waals surface area contributed by atoms with Crippen LogP contribution in [0.3, 0.4) is 0 Å². The zero-order valence-electron chi connectivity index (χ0n) is 58.7. The topological polar surface area (TPSA) is 279 Å². The molecule has 97 heavy (non-hydrogen) atoms. The van der Waals surface area contributed by atoms with Gasteiger partial charge in [-0.2, -0.15) is 13.2 Å². The first-order valence-electron chi connectivity index (χ1n) is 34.3. The van der Waals surface area contributed by atoms with E-state index in [2.05, 4.69) is 16.0 Å². The van der Waals surface area contributed by atoms with E-state index in [9.17, 15) is 41.9 Å². The van der Waals surface area contributed by atoms with Gasteiger partial charge < -0.3 is 64.8 Å². The summed E-state index contributed by atoms with van der Waals surface area (Å²) in [5, 5.41) is 8.04. The lowest BCUT2D eigenvalue weighted by atomic mass is 9.81. The molecule has 12 amide bonds. The van der Waals surface area contributed by atoms with Crippen molar-refractivity contribution in [3.63, 3.8) is 0 Å². The Morgan fingerprint density at radius 3 is 1.87 bits per heavy atom. The fraction of sp³-hybridized carbons (Fsp3) is 0.735. The van der Waals surface area contributed by atoms with Gasteiger partial charge in [-0.3, -0.25) is 57.5 Å². The van der Waals surface area contributed by atoms with Crippen LogP contribution in [0.15, 0.2) is 18.2 Å². The Morgan fingerprint density at radius 2 is 1.27 bits per heavy atom. The molecule has 1 spiro atoms. The summed E-state index contributed by atoms with van der Waals surface area (Å²) in [5.74, 6) is -9.25. The number of likely N-dealkylation sites (N-methyl/N-ethyl adjacent to an activating group) is 7. The zero-order chi connectivity index (χ0) is 72.0. The summed E-state index contributed by atoms with van der Waals surface area (Å²) in [7, 11) is 10.9. The van der Waals surface area contributed by atoms with E-state index in [1.54, 1.807) is 11.8 Å². The van der Waals surface area contributed by atoms with Crippen LogP contribution in [0.5, 0.6) is 0 Å². The van der Waals surface area contributed by atoms with E-state index in [1.165, 1.54) is 82.1 Å². The molecular formula is C68H104ClF3N12O13. The van der Waals surface area contributed by atoms with Gasteiger partial charge in [0.2, 0.25) is 70.9 Å². The minimum Gasteiger partial charge on any atom is -0.382 e. The van der Waals surface area contributed by atoms with Gasteiger partial charge in [0.15, 0.2) is 0 Å².